The highest BCUT2D eigenvalue weighted by Crippen LogP contribution is 2.42. The van der Waals surface area contributed by atoms with Gasteiger partial charge in [-0.1, -0.05) is 0 Å². The number of benzene rings is 3. The number of aromatic hydroxyl groups is 7. The predicted molar refractivity (Wildman–Crippen MR) is 144 cm³/mol. The van der Waals surface area contributed by atoms with Crippen molar-refractivity contribution < 1.29 is 89.6 Å². The maximum Gasteiger partial charge on any atom is 0.344 e. The van der Waals surface area contributed by atoms with Crippen LogP contribution in [0.25, 0.3) is 0 Å². The third kappa shape index (κ3) is 6.43. The van der Waals surface area contributed by atoms with E-state index in [-0.39, 0.29) is 0 Å². The molecule has 1 aliphatic carbocycles. The second kappa shape index (κ2) is 12.2. The predicted octanol–water partition coefficient (Wildman–Crippen LogP) is -0.0791. The lowest BCUT2D eigenvalue weighted by Crippen LogP contribution is -2.57. The van der Waals surface area contributed by atoms with Crippen molar-refractivity contribution in [1.29, 1.82) is 0 Å². The van der Waals surface area contributed by atoms with Gasteiger partial charge in [0.25, 0.3) is 0 Å². The Kier molecular flexibility index (Phi) is 8.73. The van der Waals surface area contributed by atoms with Crippen LogP contribution in [-0.4, -0.2) is 104 Å². The van der Waals surface area contributed by atoms with Crippen molar-refractivity contribution in [1.82, 2.24) is 0 Å². The second-order valence-corrected chi connectivity index (χ2v) is 10.1. The zero-order chi connectivity index (χ0) is 34.2. The Hall–Kier alpha value is -5.98. The maximum absolute atomic E-state index is 12.7. The molecule has 1 aliphatic rings. The van der Waals surface area contributed by atoms with E-state index in [4.69, 9.17) is 14.2 Å². The summed E-state index contributed by atoms with van der Waals surface area (Å²) >= 11 is 0. The Morgan fingerprint density at radius 3 is 1.37 bits per heavy atom. The summed E-state index contributed by atoms with van der Waals surface area (Å²) in [6.07, 6.45) is -6.84. The molecule has 244 valence electrons. The number of hydrogen-bond donors (Lipinski definition) is 11. The van der Waals surface area contributed by atoms with Crippen LogP contribution in [-0.2, 0) is 9.53 Å². The molecule has 3 aromatic rings. The van der Waals surface area contributed by atoms with Crippen molar-refractivity contribution in [3.8, 4) is 51.7 Å². The average molecular weight is 648 g/mol. The molecule has 4 atom stereocenters. The summed E-state index contributed by atoms with van der Waals surface area (Å²) < 4.78 is 14.7. The fourth-order valence-electron chi connectivity index (χ4n) is 4.41. The lowest BCUT2D eigenvalue weighted by Gasteiger charge is -2.39. The SMILES string of the molecule is O=C(Oc1c(O)cc(C(=O)Oc2c(O)cc(C(=O)OC3C[C@](O)(C(=O)O)C[C@@H](O)[C@H]3O)cc2O)cc1O)c1cc(O)c(O)c(O)c1. The number of phenolic OH excluding ortho intramolecular Hbond substituents is 7. The highest BCUT2D eigenvalue weighted by molar-refractivity contribution is 5.96. The minimum Gasteiger partial charge on any atom is -0.504 e. The number of carboxylic acid groups (broad SMARTS) is 1. The van der Waals surface area contributed by atoms with E-state index in [9.17, 15) is 75.3 Å². The van der Waals surface area contributed by atoms with E-state index in [2.05, 4.69) is 0 Å². The van der Waals surface area contributed by atoms with Gasteiger partial charge in [-0.2, -0.15) is 0 Å². The first-order valence-electron chi connectivity index (χ1n) is 12.8. The Labute approximate surface area is 255 Å². The van der Waals surface area contributed by atoms with Crippen LogP contribution < -0.4 is 9.47 Å². The topological polar surface area (TPSA) is 318 Å². The number of ether oxygens (including phenoxy) is 3. The standard InChI is InChI=1S/C28H24O18/c29-12-1-9(2-13(30)20(12)36)25(39)45-23-16(33)5-11(6-17(23)34)26(40)46-22-14(31)3-10(4-15(22)32)24(38)44-19-8-28(43,27(41)42)7-18(35)21(19)37/h1-6,18-19,21,29-37,43H,7-8H2,(H,41,42)/t18-,19?,21-,28+/m1/s1. The minimum absolute atomic E-state index is 0.511. The molecular weight excluding hydrogens is 624 g/mol. The van der Waals surface area contributed by atoms with E-state index >= 15 is 0 Å². The molecule has 0 amide bonds. The molecule has 18 heteroatoms. The quantitative estimate of drug-likeness (QED) is 0.0906. The molecule has 18 nitrogen and oxygen atoms in total. The maximum atomic E-state index is 12.7. The van der Waals surface area contributed by atoms with E-state index in [1.807, 2.05) is 0 Å². The van der Waals surface area contributed by atoms with Crippen LogP contribution in [0.1, 0.15) is 43.9 Å². The highest BCUT2D eigenvalue weighted by atomic mass is 16.6. The summed E-state index contributed by atoms with van der Waals surface area (Å²) in [6, 6.07) is 4.02. The van der Waals surface area contributed by atoms with Gasteiger partial charge in [-0.05, 0) is 36.4 Å². The summed E-state index contributed by atoms with van der Waals surface area (Å²) in [4.78, 5) is 49.0. The number of aliphatic hydroxyl groups excluding tert-OH is 2. The fourth-order valence-corrected chi connectivity index (χ4v) is 4.41. The number of carboxylic acids is 1. The summed E-state index contributed by atoms with van der Waals surface area (Å²) in [5.41, 5.74) is -4.26. The zero-order valence-corrected chi connectivity index (χ0v) is 22.9. The summed E-state index contributed by atoms with van der Waals surface area (Å²) in [7, 11) is 0. The van der Waals surface area contributed by atoms with E-state index < -0.39 is 129 Å². The highest BCUT2D eigenvalue weighted by Gasteiger charge is 2.50. The lowest BCUT2D eigenvalue weighted by molar-refractivity contribution is -0.187. The largest absolute Gasteiger partial charge is 0.504 e. The van der Waals surface area contributed by atoms with Gasteiger partial charge >= 0.3 is 23.9 Å². The van der Waals surface area contributed by atoms with Crippen molar-refractivity contribution in [2.75, 3.05) is 0 Å². The number of carbonyl (C=O) groups excluding carboxylic acids is 3. The molecule has 0 aromatic heterocycles. The van der Waals surface area contributed by atoms with Crippen LogP contribution in [0, 0.1) is 0 Å². The van der Waals surface area contributed by atoms with E-state index in [1.54, 1.807) is 0 Å². The number of aliphatic hydroxyl groups is 3. The van der Waals surface area contributed by atoms with Gasteiger partial charge in [-0.3, -0.25) is 0 Å². The monoisotopic (exact) mass is 648 g/mol. The Balaban J connectivity index is 1.49. The summed E-state index contributed by atoms with van der Waals surface area (Å²) in [5.74, 6) is -14.4. The van der Waals surface area contributed by atoms with Gasteiger partial charge in [0, 0.05) is 12.8 Å². The van der Waals surface area contributed by atoms with Gasteiger partial charge in [-0.15, -0.1) is 0 Å². The van der Waals surface area contributed by atoms with Crippen molar-refractivity contribution in [2.45, 2.75) is 36.8 Å². The van der Waals surface area contributed by atoms with Gasteiger partial charge < -0.3 is 70.4 Å². The third-order valence-corrected chi connectivity index (χ3v) is 6.78. The molecule has 1 saturated carbocycles. The van der Waals surface area contributed by atoms with Crippen molar-refractivity contribution in [2.24, 2.45) is 0 Å². The van der Waals surface area contributed by atoms with Crippen molar-refractivity contribution in [3.63, 3.8) is 0 Å². The van der Waals surface area contributed by atoms with E-state index in [1.165, 1.54) is 0 Å². The van der Waals surface area contributed by atoms with Crippen LogP contribution in [0.5, 0.6) is 51.7 Å². The Morgan fingerprint density at radius 2 is 0.978 bits per heavy atom. The van der Waals surface area contributed by atoms with Gasteiger partial charge in [0.2, 0.25) is 11.5 Å². The van der Waals surface area contributed by atoms with Gasteiger partial charge in [-0.25, -0.2) is 19.2 Å². The molecule has 1 unspecified atom stereocenters. The second-order valence-electron chi connectivity index (χ2n) is 10.1. The molecule has 0 aliphatic heterocycles. The number of rotatable bonds is 7. The molecule has 0 heterocycles. The fraction of sp³-hybridized carbons (Fsp3) is 0.214. The molecule has 0 saturated heterocycles. The molecule has 3 aromatic carbocycles. The third-order valence-electron chi connectivity index (χ3n) is 6.78. The molecule has 0 bridgehead atoms. The van der Waals surface area contributed by atoms with Crippen molar-refractivity contribution >= 4 is 23.9 Å². The molecule has 4 rings (SSSR count). The number of phenols is 7. The normalized spacial score (nSPS) is 20.8. The number of carbonyl (C=O) groups is 4. The molecule has 1 fully saturated rings. The van der Waals surface area contributed by atoms with Gasteiger partial charge in [0.1, 0.15) is 12.2 Å². The summed E-state index contributed by atoms with van der Waals surface area (Å²) in [6.45, 7) is 0. The Morgan fingerprint density at radius 1 is 0.609 bits per heavy atom. The molecule has 0 spiro atoms. The van der Waals surface area contributed by atoms with Crippen LogP contribution in [0.2, 0.25) is 0 Å². The number of esters is 3. The molecule has 0 radical (unpaired) electrons. The molecule has 46 heavy (non-hydrogen) atoms. The zero-order valence-electron chi connectivity index (χ0n) is 22.9. The molecule has 11 N–H and O–H groups in total. The van der Waals surface area contributed by atoms with Crippen LogP contribution in [0.3, 0.4) is 0 Å². The van der Waals surface area contributed by atoms with E-state index in [0.717, 1.165) is 0 Å². The van der Waals surface area contributed by atoms with Crippen LogP contribution >= 0.6 is 0 Å². The van der Waals surface area contributed by atoms with Crippen LogP contribution in [0.15, 0.2) is 36.4 Å². The van der Waals surface area contributed by atoms with E-state index in [0.29, 0.717) is 36.4 Å². The smallest absolute Gasteiger partial charge is 0.344 e. The number of aliphatic carboxylic acids is 1. The van der Waals surface area contributed by atoms with Crippen LogP contribution in [0.4, 0.5) is 0 Å². The first-order valence-corrected chi connectivity index (χ1v) is 12.8. The summed E-state index contributed by atoms with van der Waals surface area (Å²) in [5, 5.41) is 109. The number of hydrogen-bond acceptors (Lipinski definition) is 17. The van der Waals surface area contributed by atoms with Crippen molar-refractivity contribution in [3.05, 3.63) is 53.1 Å². The minimum atomic E-state index is -2.53. The average Bonchev–Trinajstić information content (AvgIpc) is 2.97. The van der Waals surface area contributed by atoms with Gasteiger partial charge in [0.05, 0.1) is 22.8 Å². The first kappa shape index (κ1) is 32.9. The van der Waals surface area contributed by atoms with Gasteiger partial charge in [0.15, 0.2) is 45.8 Å². The Bertz CT molecular complexity index is 1680. The molecular formula is C28H24O18. The lowest BCUT2D eigenvalue weighted by atomic mass is 9.79. The first-order chi connectivity index (χ1) is 21.4.